The Labute approximate surface area is 153 Å². The number of likely N-dealkylation sites (N-methyl/N-ethyl adjacent to an activating group) is 1. The van der Waals surface area contributed by atoms with E-state index >= 15 is 0 Å². The lowest BCUT2D eigenvalue weighted by molar-refractivity contribution is 0.00578. The molecule has 3 rings (SSSR count). The summed E-state index contributed by atoms with van der Waals surface area (Å²) in [6.45, 7) is -11.6. The first-order valence-electron chi connectivity index (χ1n) is 13.7. The fourth-order valence-corrected chi connectivity index (χ4v) is 1.87. The second-order valence-electron chi connectivity index (χ2n) is 5.91. The van der Waals surface area contributed by atoms with Crippen LogP contribution in [-0.4, -0.2) is 61.2 Å². The van der Waals surface area contributed by atoms with E-state index in [4.69, 9.17) is 28.5 Å². The van der Waals surface area contributed by atoms with Crippen LogP contribution in [0.1, 0.15) is 46.9 Å². The molecule has 22 heavy (non-hydrogen) atoms. The fraction of sp³-hybridized carbons (Fsp3) is 0.688. The van der Waals surface area contributed by atoms with Crippen molar-refractivity contribution >= 4 is 18.4 Å². The first kappa shape index (κ1) is 6.08. The molecule has 0 saturated carbocycles. The molecule has 0 amide bonds. The van der Waals surface area contributed by atoms with Gasteiger partial charge < -0.3 is 19.1 Å². The van der Waals surface area contributed by atoms with Gasteiger partial charge in [0.1, 0.15) is 0 Å². The van der Waals surface area contributed by atoms with Gasteiger partial charge in [-0.15, -0.1) is 0 Å². The summed E-state index contributed by atoms with van der Waals surface area (Å²) in [4.78, 5) is 3.22. The van der Waals surface area contributed by atoms with Crippen LogP contribution in [0, 0.1) is 0 Å². The van der Waals surface area contributed by atoms with E-state index in [-0.39, 0.29) is 4.90 Å². The van der Waals surface area contributed by atoms with Crippen LogP contribution in [0.25, 0.3) is 0 Å². The Morgan fingerprint density at radius 1 is 1.23 bits per heavy atom. The molecule has 2 fully saturated rings. The van der Waals surface area contributed by atoms with Gasteiger partial charge in [-0.2, -0.15) is 0 Å². The zero-order chi connectivity index (χ0) is 28.2. The normalized spacial score (nSPS) is 43.8. The Kier molecular flexibility index (Phi) is 1.52. The number of anilines is 1. The highest BCUT2D eigenvalue weighted by molar-refractivity contribution is 6.61. The molecule has 6 heteroatoms. The van der Waals surface area contributed by atoms with Crippen molar-refractivity contribution in [2.45, 2.75) is 38.9 Å². The molecule has 0 spiro atoms. The molecule has 0 aromatic carbocycles. The summed E-state index contributed by atoms with van der Waals surface area (Å²) in [7, 11) is -1.40. The van der Waals surface area contributed by atoms with Gasteiger partial charge in [0.2, 0.25) is 0 Å². The minimum absolute atomic E-state index is 0.124. The number of hydrogen-bond donors (Lipinski definition) is 0. The molecule has 2 aliphatic rings. The Balaban J connectivity index is 2.33. The van der Waals surface area contributed by atoms with Crippen LogP contribution in [0.15, 0.2) is 18.3 Å². The Morgan fingerprint density at radius 2 is 1.86 bits per heavy atom. The number of nitrogens with zero attached hydrogens (tertiary/aromatic N) is 3. The Hall–Kier alpha value is -1.11. The smallest absolute Gasteiger partial charge is 0.398 e. The number of piperazine rings is 1. The van der Waals surface area contributed by atoms with Crippen molar-refractivity contribution in [3.8, 4) is 0 Å². The second kappa shape index (κ2) is 5.51. The average molecular weight is 317 g/mol. The van der Waals surface area contributed by atoms with Crippen LogP contribution in [0.3, 0.4) is 0 Å². The van der Waals surface area contributed by atoms with Crippen LogP contribution in [-0.2, 0) is 9.31 Å². The largest absolute Gasteiger partial charge is 0.514 e. The lowest BCUT2D eigenvalue weighted by Gasteiger charge is -2.34. The van der Waals surface area contributed by atoms with Crippen molar-refractivity contribution < 1.29 is 28.5 Å². The molecular weight excluding hydrogens is 277 g/mol. The molecular formula is C16H26BN3O2. The Bertz CT molecular complexity index is 1030. The van der Waals surface area contributed by atoms with E-state index in [9.17, 15) is 0 Å². The van der Waals surface area contributed by atoms with E-state index in [1.807, 2.05) is 0 Å². The van der Waals surface area contributed by atoms with Crippen molar-refractivity contribution in [2.24, 2.45) is 0 Å². The minimum Gasteiger partial charge on any atom is -0.398 e. The lowest BCUT2D eigenvalue weighted by atomic mass is 9.84. The van der Waals surface area contributed by atoms with E-state index < -0.39 is 85.7 Å². The molecule has 0 aliphatic carbocycles. The molecule has 0 radical (unpaired) electrons. The minimum atomic E-state index is -3.71. The first-order chi connectivity index (χ1) is 15.8. The molecule has 2 aliphatic heterocycles. The van der Waals surface area contributed by atoms with E-state index in [1.165, 1.54) is 0 Å². The highest BCUT2D eigenvalue weighted by atomic mass is 16.7. The summed E-state index contributed by atoms with van der Waals surface area (Å²) < 4.78 is 126. The maximum absolute atomic E-state index is 8.66. The number of rotatable bonds is 2. The highest BCUT2D eigenvalue weighted by Gasteiger charge is 2.52. The summed E-state index contributed by atoms with van der Waals surface area (Å²) in [5.41, 5.74) is -3.31. The van der Waals surface area contributed by atoms with Gasteiger partial charge >= 0.3 is 7.12 Å². The molecule has 3 heterocycles. The van der Waals surface area contributed by atoms with Gasteiger partial charge in [0.25, 0.3) is 0 Å². The molecule has 1 aromatic rings. The van der Waals surface area contributed by atoms with Crippen LogP contribution < -0.4 is 10.5 Å². The molecule has 0 N–H and O–H groups in total. The quantitative estimate of drug-likeness (QED) is 0.765. The number of hydrogen-bond acceptors (Lipinski definition) is 5. The standard InChI is InChI=1S/C16H26BN3O2/c1-15(2)16(3,4)22-17(21-15)14-12-13(6-7-18-14)20-10-8-19(5)9-11-20/h6-7,12H,8-11H2,1-5H3/i5D3,6D,7D,8D2,9D2,10D2,11D2,12D. The van der Waals surface area contributed by atoms with Gasteiger partial charge in [-0.1, -0.05) is 0 Å². The third kappa shape index (κ3) is 2.87. The van der Waals surface area contributed by atoms with Gasteiger partial charge in [-0.25, -0.2) is 0 Å². The molecule has 1 aromatic heterocycles. The van der Waals surface area contributed by atoms with Gasteiger partial charge in [0.05, 0.1) is 26.4 Å². The monoisotopic (exact) mass is 317 g/mol. The van der Waals surface area contributed by atoms with Gasteiger partial charge in [0.15, 0.2) is 0 Å². The van der Waals surface area contributed by atoms with E-state index in [0.29, 0.717) is 0 Å². The summed E-state index contributed by atoms with van der Waals surface area (Å²) in [6.07, 6.45) is -0.864. The Morgan fingerprint density at radius 3 is 2.45 bits per heavy atom. The number of pyridine rings is 1. The summed E-state index contributed by atoms with van der Waals surface area (Å²) in [6, 6.07) is -1.86. The summed E-state index contributed by atoms with van der Waals surface area (Å²) in [5, 5.41) is 0. The third-order valence-electron chi connectivity index (χ3n) is 3.84. The van der Waals surface area contributed by atoms with Crippen LogP contribution in [0.2, 0.25) is 0 Å². The molecule has 0 unspecified atom stereocenters. The molecule has 0 atom stereocenters. The molecule has 2 saturated heterocycles. The zero-order valence-corrected chi connectivity index (χ0v) is 12.7. The van der Waals surface area contributed by atoms with E-state index in [1.54, 1.807) is 27.7 Å². The van der Waals surface area contributed by atoms with Gasteiger partial charge in [-0.05, 0) is 46.8 Å². The number of aromatic nitrogens is 1. The SMILES string of the molecule is [2H]c1nc(B2OC(C)(C)C(C)(C)O2)c([2H])c(N2C([2H])([2H])C([2H])([2H])N(C([2H])([2H])[2H])C([2H])([2H])C2([2H])[2H])c1[2H]. The summed E-state index contributed by atoms with van der Waals surface area (Å²) in [5.74, 6) is 0. The topological polar surface area (TPSA) is 37.8 Å². The van der Waals surface area contributed by atoms with Crippen molar-refractivity contribution in [3.63, 3.8) is 0 Å². The van der Waals surface area contributed by atoms with Crippen molar-refractivity contribution in [1.82, 2.24) is 9.88 Å². The zero-order valence-electron chi connectivity index (χ0n) is 26.7. The van der Waals surface area contributed by atoms with Crippen LogP contribution in [0.4, 0.5) is 5.69 Å². The lowest BCUT2D eigenvalue weighted by Crippen LogP contribution is -2.45. The van der Waals surface area contributed by atoms with Crippen LogP contribution >= 0.6 is 0 Å². The highest BCUT2D eigenvalue weighted by Crippen LogP contribution is 2.36. The van der Waals surface area contributed by atoms with Crippen molar-refractivity contribution in [3.05, 3.63) is 18.3 Å². The average Bonchev–Trinajstić information content (AvgIpc) is 2.85. The maximum Gasteiger partial charge on any atom is 0.514 e. The van der Waals surface area contributed by atoms with Gasteiger partial charge in [-0.3, -0.25) is 4.98 Å². The second-order valence-corrected chi connectivity index (χ2v) is 5.91. The van der Waals surface area contributed by atoms with E-state index in [2.05, 4.69) is 4.98 Å². The third-order valence-corrected chi connectivity index (χ3v) is 3.84. The van der Waals surface area contributed by atoms with Crippen molar-refractivity contribution in [1.29, 1.82) is 0 Å². The van der Waals surface area contributed by atoms with E-state index in [0.717, 1.165) is 0 Å². The van der Waals surface area contributed by atoms with Crippen LogP contribution in [0.5, 0.6) is 0 Å². The fourth-order valence-electron chi connectivity index (χ4n) is 1.87. The van der Waals surface area contributed by atoms with Crippen molar-refractivity contribution in [2.75, 3.05) is 37.9 Å². The molecule has 120 valence electrons. The predicted octanol–water partition coefficient (Wildman–Crippen LogP) is 1.13. The molecule has 0 bridgehead atoms. The predicted molar refractivity (Wildman–Crippen MR) is 89.7 cm³/mol. The first-order valence-corrected chi connectivity index (χ1v) is 6.71. The molecule has 5 nitrogen and oxygen atoms in total. The summed E-state index contributed by atoms with van der Waals surface area (Å²) >= 11 is 0. The van der Waals surface area contributed by atoms with Gasteiger partial charge in [0, 0.05) is 47.4 Å². The maximum atomic E-state index is 8.66.